The van der Waals surface area contributed by atoms with Crippen molar-refractivity contribution in [3.8, 4) is 0 Å². The number of alkyl halides is 3. The first-order chi connectivity index (χ1) is 7.40. The van der Waals surface area contributed by atoms with Crippen LogP contribution in [0.2, 0.25) is 0 Å². The highest BCUT2D eigenvalue weighted by Crippen LogP contribution is 2.23. The zero-order valence-corrected chi connectivity index (χ0v) is 11.9. The summed E-state index contributed by atoms with van der Waals surface area (Å²) in [6.45, 7) is 2.70. The topological polar surface area (TPSA) is 53.8 Å². The van der Waals surface area contributed by atoms with Crippen LogP contribution in [0.4, 0.5) is 0 Å². The Labute approximate surface area is 115 Å². The molecule has 0 aliphatic heterocycles. The first kappa shape index (κ1) is 16.2. The van der Waals surface area contributed by atoms with E-state index in [0.717, 1.165) is 13.0 Å². The summed E-state index contributed by atoms with van der Waals surface area (Å²) in [6.07, 6.45) is 4.08. The molecule has 8 heteroatoms. The number of hydrogen-bond donors (Lipinski definition) is 2. The Bertz CT molecular complexity index is 334. The molecule has 1 rings (SSSR count). The van der Waals surface area contributed by atoms with E-state index >= 15 is 0 Å². The van der Waals surface area contributed by atoms with Crippen molar-refractivity contribution in [1.82, 2.24) is 14.8 Å². The average molecular weight is 307 g/mol. The summed E-state index contributed by atoms with van der Waals surface area (Å²) in [4.78, 5) is 0. The molecule has 0 aromatic carbocycles. The van der Waals surface area contributed by atoms with Gasteiger partial charge in [-0.15, -0.1) is 0 Å². The summed E-state index contributed by atoms with van der Waals surface area (Å²) in [7, 11) is 0. The molecule has 0 radical (unpaired) electrons. The standard InChI is InChI=1S/C6H11N3S.C2H3Cl3O/c1-2-3-4-9-5-7-8-6(9)10;3-2(4,5)1-6/h5H,2-4H2,1H3,(H,8,10);6H,1H2. The van der Waals surface area contributed by atoms with Crippen LogP contribution in [0, 0.1) is 4.77 Å². The fourth-order valence-electron chi connectivity index (χ4n) is 0.758. The third-order valence-corrected chi connectivity index (χ3v) is 2.23. The molecule has 0 bridgehead atoms. The largest absolute Gasteiger partial charge is 0.392 e. The second-order valence-electron chi connectivity index (χ2n) is 2.98. The molecule has 0 saturated heterocycles. The van der Waals surface area contributed by atoms with E-state index in [1.165, 1.54) is 6.42 Å². The molecular weight excluding hydrogens is 293 g/mol. The summed E-state index contributed by atoms with van der Waals surface area (Å²) in [5.41, 5.74) is 0. The second kappa shape index (κ2) is 8.31. The molecule has 0 aliphatic carbocycles. The predicted molar refractivity (Wildman–Crippen MR) is 69.7 cm³/mol. The molecule has 0 spiro atoms. The SMILES string of the molecule is CCCCn1cn[nH]c1=S.OCC(Cl)(Cl)Cl. The minimum atomic E-state index is -1.49. The quantitative estimate of drug-likeness (QED) is 0.666. The Morgan fingerprint density at radius 3 is 2.44 bits per heavy atom. The van der Waals surface area contributed by atoms with Crippen molar-refractivity contribution in [2.45, 2.75) is 30.1 Å². The van der Waals surface area contributed by atoms with Crippen LogP contribution >= 0.6 is 47.0 Å². The molecule has 2 N–H and O–H groups in total. The number of aromatic nitrogens is 3. The van der Waals surface area contributed by atoms with Crippen molar-refractivity contribution < 1.29 is 5.11 Å². The number of aliphatic hydroxyl groups excluding tert-OH is 1. The van der Waals surface area contributed by atoms with E-state index in [1.54, 1.807) is 6.33 Å². The summed E-state index contributed by atoms with van der Waals surface area (Å²) >= 11 is 19.9. The van der Waals surface area contributed by atoms with E-state index in [0.29, 0.717) is 4.77 Å². The van der Waals surface area contributed by atoms with Gasteiger partial charge in [-0.25, -0.2) is 0 Å². The molecule has 0 saturated carbocycles. The Kier molecular flexibility index (Phi) is 8.40. The van der Waals surface area contributed by atoms with Gasteiger partial charge in [0.25, 0.3) is 0 Å². The van der Waals surface area contributed by atoms with E-state index in [-0.39, 0.29) is 0 Å². The smallest absolute Gasteiger partial charge is 0.213 e. The molecule has 1 heterocycles. The number of aromatic amines is 1. The minimum Gasteiger partial charge on any atom is -0.392 e. The first-order valence-electron chi connectivity index (χ1n) is 4.68. The zero-order valence-electron chi connectivity index (χ0n) is 8.79. The molecule has 0 amide bonds. The maximum Gasteiger partial charge on any atom is 0.213 e. The van der Waals surface area contributed by atoms with E-state index in [2.05, 4.69) is 17.1 Å². The van der Waals surface area contributed by atoms with Gasteiger partial charge in [0.15, 0.2) is 4.77 Å². The van der Waals surface area contributed by atoms with Crippen molar-refractivity contribution in [2.24, 2.45) is 0 Å². The Balaban J connectivity index is 0.000000325. The molecule has 1 aromatic rings. The number of hydrogen-bond acceptors (Lipinski definition) is 3. The van der Waals surface area contributed by atoms with Crippen LogP contribution in [0.25, 0.3) is 0 Å². The van der Waals surface area contributed by atoms with Crippen LogP contribution in [0.3, 0.4) is 0 Å². The Hall–Kier alpha value is 0.190. The molecule has 16 heavy (non-hydrogen) atoms. The number of nitrogens with one attached hydrogen (secondary N) is 1. The van der Waals surface area contributed by atoms with Crippen LogP contribution < -0.4 is 0 Å². The summed E-state index contributed by atoms with van der Waals surface area (Å²) in [5.74, 6) is 0. The molecule has 1 aromatic heterocycles. The van der Waals surface area contributed by atoms with Crippen LogP contribution in [0.1, 0.15) is 19.8 Å². The lowest BCUT2D eigenvalue weighted by atomic mass is 10.3. The molecule has 0 aliphatic rings. The molecule has 0 atom stereocenters. The van der Waals surface area contributed by atoms with Gasteiger partial charge in [0, 0.05) is 6.54 Å². The van der Waals surface area contributed by atoms with Gasteiger partial charge in [-0.1, -0.05) is 48.1 Å². The normalized spacial score (nSPS) is 10.8. The number of aliphatic hydroxyl groups is 1. The maximum atomic E-state index is 8.01. The van der Waals surface area contributed by atoms with Crippen molar-refractivity contribution >= 4 is 47.0 Å². The molecule has 0 unspecified atom stereocenters. The molecule has 0 fully saturated rings. The van der Waals surface area contributed by atoms with Gasteiger partial charge in [-0.2, -0.15) is 5.10 Å². The Morgan fingerprint density at radius 2 is 2.12 bits per heavy atom. The van der Waals surface area contributed by atoms with Gasteiger partial charge < -0.3 is 9.67 Å². The average Bonchev–Trinajstić information content (AvgIpc) is 2.61. The summed E-state index contributed by atoms with van der Waals surface area (Å²) < 4.78 is 1.17. The fraction of sp³-hybridized carbons (Fsp3) is 0.750. The van der Waals surface area contributed by atoms with E-state index in [4.69, 9.17) is 52.1 Å². The van der Waals surface area contributed by atoms with Crippen molar-refractivity contribution in [2.75, 3.05) is 6.61 Å². The maximum absolute atomic E-state index is 8.01. The molecular formula is C8H14Cl3N3OS. The van der Waals surface area contributed by atoms with Gasteiger partial charge in [-0.05, 0) is 18.6 Å². The number of H-pyrrole nitrogens is 1. The third-order valence-electron chi connectivity index (χ3n) is 1.55. The molecule has 4 nitrogen and oxygen atoms in total. The lowest BCUT2D eigenvalue weighted by molar-refractivity contribution is 0.303. The number of nitrogens with zero attached hydrogens (tertiary/aromatic N) is 2. The highest BCUT2D eigenvalue weighted by molar-refractivity contribution is 7.71. The van der Waals surface area contributed by atoms with E-state index in [1.807, 2.05) is 4.57 Å². The summed E-state index contributed by atoms with van der Waals surface area (Å²) in [5, 5.41) is 14.5. The zero-order chi connectivity index (χ0) is 12.6. The highest BCUT2D eigenvalue weighted by Gasteiger charge is 2.16. The lowest BCUT2D eigenvalue weighted by Gasteiger charge is -2.01. The monoisotopic (exact) mass is 305 g/mol. The Morgan fingerprint density at radius 1 is 1.56 bits per heavy atom. The second-order valence-corrected chi connectivity index (χ2v) is 5.88. The van der Waals surface area contributed by atoms with Gasteiger partial charge in [0.2, 0.25) is 3.79 Å². The van der Waals surface area contributed by atoms with E-state index < -0.39 is 10.4 Å². The predicted octanol–water partition coefficient (Wildman–Crippen LogP) is 3.09. The van der Waals surface area contributed by atoms with Crippen LogP contribution in [0.5, 0.6) is 0 Å². The van der Waals surface area contributed by atoms with Gasteiger partial charge in [-0.3, -0.25) is 5.10 Å². The van der Waals surface area contributed by atoms with Gasteiger partial charge >= 0.3 is 0 Å². The third kappa shape index (κ3) is 8.35. The van der Waals surface area contributed by atoms with Crippen molar-refractivity contribution in [1.29, 1.82) is 0 Å². The number of unbranched alkanes of at least 4 members (excludes halogenated alkanes) is 1. The lowest BCUT2D eigenvalue weighted by Crippen LogP contribution is -2.06. The number of aryl methyl sites for hydroxylation is 1. The minimum absolute atomic E-state index is 0.433. The van der Waals surface area contributed by atoms with Crippen LogP contribution in [-0.4, -0.2) is 30.3 Å². The van der Waals surface area contributed by atoms with Crippen LogP contribution in [-0.2, 0) is 6.54 Å². The first-order valence-corrected chi connectivity index (χ1v) is 6.22. The number of halogens is 3. The van der Waals surface area contributed by atoms with Crippen LogP contribution in [0.15, 0.2) is 6.33 Å². The summed E-state index contributed by atoms with van der Waals surface area (Å²) in [6, 6.07) is 0. The van der Waals surface area contributed by atoms with Crippen molar-refractivity contribution in [3.05, 3.63) is 11.1 Å². The fourth-order valence-corrected chi connectivity index (χ4v) is 0.949. The molecule has 94 valence electrons. The van der Waals surface area contributed by atoms with Gasteiger partial charge in [0.1, 0.15) is 6.33 Å². The number of rotatable bonds is 3. The van der Waals surface area contributed by atoms with E-state index in [9.17, 15) is 0 Å². The van der Waals surface area contributed by atoms with Gasteiger partial charge in [0.05, 0.1) is 6.61 Å². The van der Waals surface area contributed by atoms with Crippen molar-refractivity contribution in [3.63, 3.8) is 0 Å². The highest BCUT2D eigenvalue weighted by atomic mass is 35.6.